The number of carboxylic acid groups (broad SMARTS) is 1. The number of carboxylic acids is 1. The Bertz CT molecular complexity index is 1060. The van der Waals surface area contributed by atoms with Gasteiger partial charge in [0.25, 0.3) is 5.91 Å². The molecule has 1 aromatic heterocycles. The Hall–Kier alpha value is -3.29. The summed E-state index contributed by atoms with van der Waals surface area (Å²) in [5.74, 6) is 0.934. The highest BCUT2D eigenvalue weighted by atomic mass is 16.4. The SMILES string of the molecule is O=C(O)C[C@@H]1CCCN(c2ccc(C(=O)NC3CCCCC3)c(N3CCN(c4ccccc4)CC3)n2)C1. The maximum atomic E-state index is 13.5. The van der Waals surface area contributed by atoms with E-state index in [-0.39, 0.29) is 24.3 Å². The molecule has 3 fully saturated rings. The molecule has 8 heteroatoms. The summed E-state index contributed by atoms with van der Waals surface area (Å²) in [7, 11) is 0. The monoisotopic (exact) mass is 505 g/mol. The number of amides is 1. The molecule has 198 valence electrons. The van der Waals surface area contributed by atoms with Gasteiger partial charge in [0.15, 0.2) is 0 Å². The molecule has 1 saturated carbocycles. The molecule has 2 saturated heterocycles. The van der Waals surface area contributed by atoms with Crippen molar-refractivity contribution in [1.82, 2.24) is 10.3 Å². The van der Waals surface area contributed by atoms with Crippen LogP contribution in [0.15, 0.2) is 42.5 Å². The van der Waals surface area contributed by atoms with E-state index in [0.717, 1.165) is 70.0 Å². The van der Waals surface area contributed by atoms with Gasteiger partial charge >= 0.3 is 5.97 Å². The van der Waals surface area contributed by atoms with Crippen LogP contribution in [0.25, 0.3) is 0 Å². The van der Waals surface area contributed by atoms with Crippen LogP contribution in [0.2, 0.25) is 0 Å². The summed E-state index contributed by atoms with van der Waals surface area (Å²) in [6.07, 6.45) is 7.74. The zero-order valence-electron chi connectivity index (χ0n) is 21.6. The number of carbonyl (C=O) groups is 2. The van der Waals surface area contributed by atoms with Crippen molar-refractivity contribution in [3.8, 4) is 0 Å². The van der Waals surface area contributed by atoms with Gasteiger partial charge < -0.3 is 25.1 Å². The summed E-state index contributed by atoms with van der Waals surface area (Å²) in [4.78, 5) is 36.6. The predicted octanol–water partition coefficient (Wildman–Crippen LogP) is 4.16. The van der Waals surface area contributed by atoms with Crippen molar-refractivity contribution in [3.63, 3.8) is 0 Å². The van der Waals surface area contributed by atoms with Gasteiger partial charge in [-0.3, -0.25) is 9.59 Å². The average molecular weight is 506 g/mol. The number of aromatic nitrogens is 1. The zero-order chi connectivity index (χ0) is 25.6. The van der Waals surface area contributed by atoms with Crippen LogP contribution in [0, 0.1) is 5.92 Å². The first-order chi connectivity index (χ1) is 18.1. The summed E-state index contributed by atoms with van der Waals surface area (Å²) in [6.45, 7) is 4.85. The molecular formula is C29H39N5O3. The average Bonchev–Trinajstić information content (AvgIpc) is 2.94. The maximum Gasteiger partial charge on any atom is 0.303 e. The van der Waals surface area contributed by atoms with E-state index in [0.29, 0.717) is 12.1 Å². The van der Waals surface area contributed by atoms with Gasteiger partial charge in [0.2, 0.25) is 0 Å². The topological polar surface area (TPSA) is 89.0 Å². The third-order valence-electron chi connectivity index (χ3n) is 8.05. The van der Waals surface area contributed by atoms with E-state index in [2.05, 4.69) is 44.3 Å². The Morgan fingerprint density at radius 3 is 2.30 bits per heavy atom. The molecule has 8 nitrogen and oxygen atoms in total. The minimum absolute atomic E-state index is 0.0335. The fourth-order valence-electron chi connectivity index (χ4n) is 6.04. The standard InChI is InChI=1S/C29H39N5O3/c35-27(36)20-22-8-7-15-34(21-22)26-14-13-25(29(37)30-23-9-3-1-4-10-23)28(31-26)33-18-16-32(17-19-33)24-11-5-2-6-12-24/h2,5-6,11-14,22-23H,1,3-4,7-10,15-21H2,(H,30,37)(H,35,36)/t22-/m0/s1. The highest BCUT2D eigenvalue weighted by Gasteiger charge is 2.28. The number of pyridine rings is 1. The number of hydrogen-bond acceptors (Lipinski definition) is 6. The molecule has 1 aliphatic carbocycles. The highest BCUT2D eigenvalue weighted by Crippen LogP contribution is 2.29. The van der Waals surface area contributed by atoms with Crippen molar-refractivity contribution in [3.05, 3.63) is 48.0 Å². The Morgan fingerprint density at radius 2 is 1.57 bits per heavy atom. The quantitative estimate of drug-likeness (QED) is 0.584. The number of para-hydroxylation sites is 1. The van der Waals surface area contributed by atoms with Gasteiger partial charge in [0.05, 0.1) is 5.56 Å². The van der Waals surface area contributed by atoms with Crippen LogP contribution in [0.1, 0.15) is 61.7 Å². The van der Waals surface area contributed by atoms with Crippen molar-refractivity contribution in [1.29, 1.82) is 0 Å². The number of anilines is 3. The van der Waals surface area contributed by atoms with Gasteiger partial charge in [0.1, 0.15) is 11.6 Å². The van der Waals surface area contributed by atoms with E-state index in [1.165, 1.54) is 24.9 Å². The van der Waals surface area contributed by atoms with Gasteiger partial charge in [-0.2, -0.15) is 0 Å². The van der Waals surface area contributed by atoms with Crippen molar-refractivity contribution < 1.29 is 14.7 Å². The fraction of sp³-hybridized carbons (Fsp3) is 0.552. The number of piperazine rings is 1. The number of nitrogens with one attached hydrogen (secondary N) is 1. The summed E-state index contributed by atoms with van der Waals surface area (Å²) >= 11 is 0. The molecule has 0 spiro atoms. The van der Waals surface area contributed by atoms with Crippen molar-refractivity contribution >= 4 is 29.2 Å². The number of benzene rings is 1. The smallest absolute Gasteiger partial charge is 0.303 e. The first-order valence-corrected chi connectivity index (χ1v) is 13.9. The van der Waals surface area contributed by atoms with Crippen molar-refractivity contribution in [2.45, 2.75) is 57.4 Å². The lowest BCUT2D eigenvalue weighted by atomic mass is 9.95. The van der Waals surface area contributed by atoms with Crippen LogP contribution < -0.4 is 20.0 Å². The van der Waals surface area contributed by atoms with Gasteiger partial charge in [0, 0.05) is 57.4 Å². The Balaban J connectivity index is 1.36. The molecule has 3 aliphatic rings. The Kier molecular flexibility index (Phi) is 8.12. The molecule has 1 aromatic carbocycles. The molecule has 0 bridgehead atoms. The molecule has 5 rings (SSSR count). The normalized spacial score (nSPS) is 21.1. The largest absolute Gasteiger partial charge is 0.481 e. The molecule has 2 N–H and O–H groups in total. The lowest BCUT2D eigenvalue weighted by Gasteiger charge is -2.38. The summed E-state index contributed by atoms with van der Waals surface area (Å²) in [6, 6.07) is 14.6. The molecule has 1 amide bonds. The van der Waals surface area contributed by atoms with Gasteiger partial charge in [-0.05, 0) is 55.9 Å². The second-order valence-corrected chi connectivity index (χ2v) is 10.7. The number of hydrogen-bond donors (Lipinski definition) is 2. The summed E-state index contributed by atoms with van der Waals surface area (Å²) in [5.41, 5.74) is 1.86. The van der Waals surface area contributed by atoms with Gasteiger partial charge in [-0.15, -0.1) is 0 Å². The van der Waals surface area contributed by atoms with Crippen molar-refractivity contribution in [2.75, 3.05) is 54.0 Å². The number of rotatable bonds is 7. The number of piperidine rings is 1. The first kappa shape index (κ1) is 25.4. The molecule has 2 aliphatic heterocycles. The van der Waals surface area contributed by atoms with E-state index in [1.54, 1.807) is 0 Å². The van der Waals surface area contributed by atoms with E-state index in [9.17, 15) is 14.7 Å². The fourth-order valence-corrected chi connectivity index (χ4v) is 6.04. The summed E-state index contributed by atoms with van der Waals surface area (Å²) in [5, 5.41) is 12.6. The maximum absolute atomic E-state index is 13.5. The minimum atomic E-state index is -0.744. The lowest BCUT2D eigenvalue weighted by Crippen LogP contribution is -2.48. The highest BCUT2D eigenvalue weighted by molar-refractivity contribution is 5.99. The van der Waals surface area contributed by atoms with Crippen LogP contribution in [0.5, 0.6) is 0 Å². The van der Waals surface area contributed by atoms with Gasteiger partial charge in [-0.1, -0.05) is 37.5 Å². The molecular weight excluding hydrogens is 466 g/mol. The molecule has 3 heterocycles. The summed E-state index contributed by atoms with van der Waals surface area (Å²) < 4.78 is 0. The Morgan fingerprint density at radius 1 is 0.838 bits per heavy atom. The molecule has 0 unspecified atom stereocenters. The first-order valence-electron chi connectivity index (χ1n) is 13.9. The van der Waals surface area contributed by atoms with E-state index in [4.69, 9.17) is 4.98 Å². The second kappa shape index (κ2) is 11.8. The zero-order valence-corrected chi connectivity index (χ0v) is 21.6. The molecule has 37 heavy (non-hydrogen) atoms. The minimum Gasteiger partial charge on any atom is -0.481 e. The third kappa shape index (κ3) is 6.35. The van der Waals surface area contributed by atoms with Crippen LogP contribution in [0.3, 0.4) is 0 Å². The molecule has 0 radical (unpaired) electrons. The molecule has 1 atom stereocenters. The van der Waals surface area contributed by atoms with E-state index < -0.39 is 5.97 Å². The third-order valence-corrected chi connectivity index (χ3v) is 8.05. The van der Waals surface area contributed by atoms with Crippen LogP contribution >= 0.6 is 0 Å². The Labute approximate surface area is 219 Å². The number of carbonyl (C=O) groups excluding carboxylic acids is 1. The van der Waals surface area contributed by atoms with E-state index in [1.807, 2.05) is 18.2 Å². The molecule has 2 aromatic rings. The van der Waals surface area contributed by atoms with Crippen LogP contribution in [-0.2, 0) is 4.79 Å². The number of aliphatic carboxylic acids is 1. The van der Waals surface area contributed by atoms with Gasteiger partial charge in [-0.25, -0.2) is 4.98 Å². The predicted molar refractivity (Wildman–Crippen MR) is 147 cm³/mol. The van der Waals surface area contributed by atoms with Crippen molar-refractivity contribution in [2.24, 2.45) is 5.92 Å². The van der Waals surface area contributed by atoms with Crippen LogP contribution in [-0.4, -0.2) is 67.3 Å². The van der Waals surface area contributed by atoms with Crippen LogP contribution in [0.4, 0.5) is 17.3 Å². The lowest BCUT2D eigenvalue weighted by molar-refractivity contribution is -0.138. The number of nitrogens with zero attached hydrogens (tertiary/aromatic N) is 4. The second-order valence-electron chi connectivity index (χ2n) is 10.7. The van der Waals surface area contributed by atoms with E-state index >= 15 is 0 Å².